The number of cyclic esters (lactones) is 1. The number of carboxylic acids is 1. The monoisotopic (exact) mass is 525 g/mol. The second-order valence-electron chi connectivity index (χ2n) is 6.72. The molecule has 34 heavy (non-hydrogen) atoms. The minimum absolute atomic E-state index is 0. The molecule has 3 amide bonds. The van der Waals surface area contributed by atoms with Crippen LogP contribution in [0.2, 0.25) is 0 Å². The van der Waals surface area contributed by atoms with E-state index < -0.39 is 41.3 Å². The van der Waals surface area contributed by atoms with Gasteiger partial charge in [-0.1, -0.05) is 5.16 Å². The van der Waals surface area contributed by atoms with Gasteiger partial charge in [0.25, 0.3) is 17.5 Å². The first-order valence-corrected chi connectivity index (χ1v) is 10.7. The van der Waals surface area contributed by atoms with Gasteiger partial charge in [-0.3, -0.25) is 24.0 Å². The van der Waals surface area contributed by atoms with Gasteiger partial charge in [-0.25, -0.2) is 4.98 Å². The Morgan fingerprint density at radius 1 is 1.44 bits per heavy atom. The average molecular weight is 526 g/mol. The molecule has 2 fully saturated rings. The number of halogens is 1. The number of hydrogen-bond donors (Lipinski definition) is 2. The molecule has 14 nitrogen and oxygen atoms in total. The van der Waals surface area contributed by atoms with Gasteiger partial charge in [-0.05, 0) is 0 Å². The molecule has 2 aliphatic heterocycles. The number of carbonyl (C=O) groups is 5. The van der Waals surface area contributed by atoms with Gasteiger partial charge in [0.15, 0.2) is 10.8 Å². The Morgan fingerprint density at radius 3 is 2.76 bits per heavy atom. The van der Waals surface area contributed by atoms with Crippen molar-refractivity contribution in [2.45, 2.75) is 18.6 Å². The molecule has 1 aromatic heterocycles. The van der Waals surface area contributed by atoms with Crippen molar-refractivity contribution < 1.29 is 73.0 Å². The number of amides is 3. The Kier molecular flexibility index (Phi) is 9.78. The third-order valence-corrected chi connectivity index (χ3v) is 5.57. The molecular weight excluding hydrogens is 509 g/mol. The molecule has 0 radical (unpaired) electrons. The summed E-state index contributed by atoms with van der Waals surface area (Å²) in [5.41, 5.74) is -2.49. The maximum Gasteiger partial charge on any atom is 1.00 e. The Labute approximate surface area is 223 Å². The fourth-order valence-corrected chi connectivity index (χ4v) is 3.79. The normalized spacial score (nSPS) is 22.1. The second kappa shape index (κ2) is 11.9. The third-order valence-electron chi connectivity index (χ3n) is 4.57. The molecule has 2 N–H and O–H groups in total. The summed E-state index contributed by atoms with van der Waals surface area (Å²) in [5.74, 6) is -5.90. The zero-order chi connectivity index (χ0) is 24.2. The second-order valence-corrected chi connectivity index (χ2v) is 7.85. The molecule has 2 unspecified atom stereocenters. The van der Waals surface area contributed by atoms with Gasteiger partial charge < -0.3 is 30.1 Å². The number of hydrogen-bond acceptors (Lipinski definition) is 12. The number of ether oxygens (including phenoxy) is 1. The van der Waals surface area contributed by atoms with E-state index in [0.717, 1.165) is 11.3 Å². The van der Waals surface area contributed by atoms with E-state index in [1.54, 1.807) is 0 Å². The van der Waals surface area contributed by atoms with Crippen LogP contribution in [0.1, 0.15) is 18.5 Å². The zero-order valence-corrected chi connectivity index (χ0v) is 21.6. The molecule has 2 atom stereocenters. The Hall–Kier alpha value is -2.30. The van der Waals surface area contributed by atoms with Crippen LogP contribution >= 0.6 is 22.9 Å². The van der Waals surface area contributed by atoms with Crippen molar-refractivity contribution in [3.05, 3.63) is 11.1 Å². The Balaban J connectivity index is 0.00000408. The summed E-state index contributed by atoms with van der Waals surface area (Å²) in [4.78, 5) is 73.6. The van der Waals surface area contributed by atoms with Gasteiger partial charge in [-0.2, -0.15) is 5.06 Å². The minimum Gasteiger partial charge on any atom is -0.544 e. The first-order valence-electron chi connectivity index (χ1n) is 9.33. The summed E-state index contributed by atoms with van der Waals surface area (Å²) in [5, 5.41) is 22.2. The van der Waals surface area contributed by atoms with E-state index in [2.05, 4.69) is 25.6 Å². The van der Waals surface area contributed by atoms with Crippen LogP contribution in [0.25, 0.3) is 0 Å². The van der Waals surface area contributed by atoms with Crippen LogP contribution in [0.4, 0.5) is 5.13 Å². The van der Waals surface area contributed by atoms with E-state index >= 15 is 0 Å². The predicted molar refractivity (Wildman–Crippen MR) is 107 cm³/mol. The number of thiazole rings is 1. The van der Waals surface area contributed by atoms with Gasteiger partial charge >= 0.3 is 35.5 Å². The minimum atomic E-state index is -2.35. The van der Waals surface area contributed by atoms with Gasteiger partial charge in [0.2, 0.25) is 5.91 Å². The summed E-state index contributed by atoms with van der Waals surface area (Å²) in [6, 6.07) is 0. The van der Waals surface area contributed by atoms with Gasteiger partial charge in [-0.15, -0.1) is 22.9 Å². The summed E-state index contributed by atoms with van der Waals surface area (Å²) >= 11 is 6.45. The van der Waals surface area contributed by atoms with E-state index in [4.69, 9.17) is 21.2 Å². The van der Waals surface area contributed by atoms with Crippen LogP contribution in [0.5, 0.6) is 0 Å². The molecule has 0 saturated carbocycles. The number of nitrogens with one attached hydrogen (secondary N) is 2. The molecule has 2 aliphatic rings. The largest absolute Gasteiger partial charge is 1.00 e. The molecule has 1 aromatic rings. The number of aromatic nitrogens is 1. The van der Waals surface area contributed by atoms with Crippen LogP contribution in [0, 0.1) is 5.92 Å². The number of oxime groups is 1. The van der Waals surface area contributed by atoms with E-state index in [1.807, 2.05) is 0 Å². The molecule has 3 rings (SSSR count). The fraction of sp³-hybridized carbons (Fsp3) is 0.471. The molecule has 3 heterocycles. The number of esters is 1. The fourth-order valence-electron chi connectivity index (χ4n) is 3.01. The van der Waals surface area contributed by atoms with Crippen LogP contribution in [0.15, 0.2) is 10.5 Å². The van der Waals surface area contributed by atoms with Crippen molar-refractivity contribution in [2.24, 2.45) is 11.1 Å². The Bertz CT molecular complexity index is 1020. The quantitative estimate of drug-likeness (QED) is 0.104. The maximum atomic E-state index is 12.7. The molecule has 0 aromatic carbocycles. The van der Waals surface area contributed by atoms with Gasteiger partial charge in [0.1, 0.15) is 24.7 Å². The molecule has 17 heteroatoms. The first-order chi connectivity index (χ1) is 15.7. The van der Waals surface area contributed by atoms with Gasteiger partial charge in [0.05, 0.1) is 18.9 Å². The SMILES string of the molecule is CON=C(C(=O)NCC1CON(C2(C(=O)[O-])CCC(=O)O2)C1=O)c1csc(NC(=O)CCl)n1.[Na+]. The number of nitrogens with zero attached hydrogens (tertiary/aromatic N) is 3. The summed E-state index contributed by atoms with van der Waals surface area (Å²) in [6.07, 6.45) is -0.545. The number of carbonyl (C=O) groups excluding carboxylic acids is 5. The molecule has 0 spiro atoms. The summed E-state index contributed by atoms with van der Waals surface area (Å²) in [6.45, 7) is -0.526. The van der Waals surface area contributed by atoms with Crippen molar-refractivity contribution in [1.29, 1.82) is 0 Å². The van der Waals surface area contributed by atoms with Crippen molar-refractivity contribution in [3.63, 3.8) is 0 Å². The van der Waals surface area contributed by atoms with E-state index in [1.165, 1.54) is 12.5 Å². The number of alkyl halides is 1. The average Bonchev–Trinajstić information content (AvgIpc) is 3.49. The van der Waals surface area contributed by atoms with E-state index in [9.17, 15) is 29.1 Å². The van der Waals surface area contributed by atoms with Crippen molar-refractivity contribution in [1.82, 2.24) is 15.4 Å². The number of hydroxylamine groups is 2. The number of aliphatic carboxylic acids is 1. The maximum absolute atomic E-state index is 12.7. The third kappa shape index (κ3) is 5.84. The van der Waals surface area contributed by atoms with E-state index in [-0.39, 0.29) is 78.0 Å². The first kappa shape index (κ1) is 27.9. The summed E-state index contributed by atoms with van der Waals surface area (Å²) < 4.78 is 4.82. The van der Waals surface area contributed by atoms with Crippen LogP contribution < -0.4 is 45.3 Å². The Morgan fingerprint density at radius 2 is 2.18 bits per heavy atom. The molecular formula is C17H17ClN5NaO9S. The molecule has 0 aliphatic carbocycles. The van der Waals surface area contributed by atoms with E-state index in [0.29, 0.717) is 5.06 Å². The zero-order valence-electron chi connectivity index (χ0n) is 18.0. The predicted octanol–water partition coefficient (Wildman–Crippen LogP) is -5.04. The number of anilines is 1. The molecule has 178 valence electrons. The number of rotatable bonds is 9. The molecule has 0 bridgehead atoms. The van der Waals surface area contributed by atoms with Crippen LogP contribution in [-0.4, -0.2) is 77.3 Å². The van der Waals surface area contributed by atoms with Crippen LogP contribution in [0.3, 0.4) is 0 Å². The van der Waals surface area contributed by atoms with Gasteiger partial charge in [0, 0.05) is 18.3 Å². The smallest absolute Gasteiger partial charge is 0.544 e. The van der Waals surface area contributed by atoms with Crippen LogP contribution in [-0.2, 0) is 38.4 Å². The summed E-state index contributed by atoms with van der Waals surface area (Å²) in [7, 11) is 1.21. The van der Waals surface area contributed by atoms with Crippen molar-refractivity contribution in [2.75, 3.05) is 31.5 Å². The standard InChI is InChI=1S/C17H18ClN5O9S.Na/c1-30-22-12(9-7-33-16(20-9)21-10(24)4-18)13(26)19-5-8-6-31-23(14(8)27)17(15(28)29)3-2-11(25)32-17;/h7-8H,2-6H2,1H3,(H,19,26)(H,28,29)(H,20,21,24);/q;+1/p-1. The van der Waals surface area contributed by atoms with Crippen molar-refractivity contribution >= 4 is 63.4 Å². The topological polar surface area (TPSA) is 189 Å². The molecule has 2 saturated heterocycles. The number of carboxylic acid groups (broad SMARTS) is 1. The van der Waals surface area contributed by atoms with Crippen molar-refractivity contribution in [3.8, 4) is 0 Å².